The summed E-state index contributed by atoms with van der Waals surface area (Å²) in [5.74, 6) is -1.13. The minimum atomic E-state index is -0.401. The first-order valence-electron chi connectivity index (χ1n) is 9.69. The molecule has 0 atom stereocenters. The van der Waals surface area contributed by atoms with Gasteiger partial charge < -0.3 is 9.30 Å². The fourth-order valence-corrected chi connectivity index (χ4v) is 4.25. The van der Waals surface area contributed by atoms with Gasteiger partial charge in [-0.2, -0.15) is 0 Å². The Morgan fingerprint density at radius 1 is 1.13 bits per heavy atom. The molecule has 1 fully saturated rings. The summed E-state index contributed by atoms with van der Waals surface area (Å²) in [5.41, 5.74) is 2.22. The van der Waals surface area contributed by atoms with Crippen LogP contribution in [-0.4, -0.2) is 33.2 Å². The van der Waals surface area contributed by atoms with E-state index in [-0.39, 0.29) is 30.1 Å². The largest absolute Gasteiger partial charge is 0.465 e. The van der Waals surface area contributed by atoms with Crippen LogP contribution in [0.1, 0.15) is 18.1 Å². The Bertz CT molecular complexity index is 1200. The molecule has 0 aliphatic carbocycles. The smallest absolute Gasteiger partial charge is 0.325 e. The summed E-state index contributed by atoms with van der Waals surface area (Å²) in [6, 6.07) is 13.2. The van der Waals surface area contributed by atoms with Crippen molar-refractivity contribution in [3.63, 3.8) is 0 Å². The lowest BCUT2D eigenvalue weighted by Gasteiger charge is -2.12. The third-order valence-corrected chi connectivity index (χ3v) is 5.75. The summed E-state index contributed by atoms with van der Waals surface area (Å²) in [7, 11) is 0. The van der Waals surface area contributed by atoms with E-state index in [1.165, 1.54) is 12.1 Å². The third kappa shape index (κ3) is 4.39. The van der Waals surface area contributed by atoms with Gasteiger partial charge in [0.25, 0.3) is 11.1 Å². The molecule has 31 heavy (non-hydrogen) atoms. The van der Waals surface area contributed by atoms with Gasteiger partial charge in [0.2, 0.25) is 0 Å². The topological polar surface area (TPSA) is 68.6 Å². The minimum Gasteiger partial charge on any atom is -0.465 e. The molecule has 0 spiro atoms. The highest BCUT2D eigenvalue weighted by Crippen LogP contribution is 2.35. The monoisotopic (exact) mass is 438 g/mol. The van der Waals surface area contributed by atoms with Gasteiger partial charge >= 0.3 is 5.97 Å². The summed E-state index contributed by atoms with van der Waals surface area (Å²) in [5, 5.41) is 0.480. The van der Waals surface area contributed by atoms with Crippen LogP contribution >= 0.6 is 11.8 Å². The van der Waals surface area contributed by atoms with Gasteiger partial charge in [0, 0.05) is 22.7 Å². The van der Waals surface area contributed by atoms with Crippen molar-refractivity contribution in [3.8, 4) is 0 Å². The van der Waals surface area contributed by atoms with Crippen LogP contribution in [0.15, 0.2) is 59.6 Å². The predicted molar refractivity (Wildman–Crippen MR) is 116 cm³/mol. The molecule has 0 radical (unpaired) electrons. The van der Waals surface area contributed by atoms with Crippen molar-refractivity contribution in [3.05, 3.63) is 76.6 Å². The molecular weight excluding hydrogens is 419 g/mol. The number of nitrogens with zero attached hydrogens (tertiary/aromatic N) is 2. The maximum atomic E-state index is 13.1. The molecule has 0 saturated carbocycles. The first kappa shape index (κ1) is 20.9. The van der Waals surface area contributed by atoms with E-state index in [4.69, 9.17) is 4.74 Å². The van der Waals surface area contributed by atoms with E-state index in [9.17, 15) is 18.8 Å². The average molecular weight is 438 g/mol. The van der Waals surface area contributed by atoms with E-state index >= 15 is 0 Å². The minimum absolute atomic E-state index is 0.0498. The van der Waals surface area contributed by atoms with Crippen molar-refractivity contribution < 1.29 is 23.5 Å². The highest BCUT2D eigenvalue weighted by molar-refractivity contribution is 8.18. The van der Waals surface area contributed by atoms with Crippen LogP contribution in [0, 0.1) is 5.82 Å². The maximum Gasteiger partial charge on any atom is 0.325 e. The van der Waals surface area contributed by atoms with Gasteiger partial charge in [0.1, 0.15) is 12.4 Å². The Morgan fingerprint density at radius 2 is 1.87 bits per heavy atom. The fourth-order valence-electron chi connectivity index (χ4n) is 3.42. The van der Waals surface area contributed by atoms with Crippen LogP contribution in [-0.2, 0) is 27.4 Å². The van der Waals surface area contributed by atoms with Gasteiger partial charge in [-0.3, -0.25) is 19.3 Å². The Hall–Kier alpha value is -3.39. The number of rotatable bonds is 6. The first-order chi connectivity index (χ1) is 15.0. The van der Waals surface area contributed by atoms with Crippen molar-refractivity contribution in [2.24, 2.45) is 0 Å². The van der Waals surface area contributed by atoms with Crippen LogP contribution in [0.4, 0.5) is 9.18 Å². The molecule has 1 saturated heterocycles. The molecule has 1 aromatic heterocycles. The Balaban J connectivity index is 1.62. The fraction of sp³-hybridized carbons (Fsp3) is 0.174. The zero-order chi connectivity index (χ0) is 22.0. The van der Waals surface area contributed by atoms with Gasteiger partial charge in [0.05, 0.1) is 18.1 Å². The number of hydrogen-bond donors (Lipinski definition) is 0. The van der Waals surface area contributed by atoms with Crippen molar-refractivity contribution >= 4 is 45.9 Å². The van der Waals surface area contributed by atoms with Crippen molar-refractivity contribution in [1.82, 2.24) is 9.47 Å². The van der Waals surface area contributed by atoms with E-state index in [0.29, 0.717) is 17.1 Å². The molecule has 6 nitrogen and oxygen atoms in total. The number of imide groups is 1. The molecule has 4 rings (SSSR count). The second-order valence-electron chi connectivity index (χ2n) is 6.93. The molecule has 1 aliphatic rings. The second-order valence-corrected chi connectivity index (χ2v) is 7.92. The third-order valence-electron chi connectivity index (χ3n) is 4.84. The molecule has 2 amide bonds. The number of benzene rings is 2. The average Bonchev–Trinajstić information content (AvgIpc) is 3.22. The number of thioether (sulfide) groups is 1. The number of fused-ring (bicyclic) bond motifs is 1. The first-order valence-corrected chi connectivity index (χ1v) is 10.5. The van der Waals surface area contributed by atoms with Crippen molar-refractivity contribution in [2.75, 3.05) is 6.61 Å². The zero-order valence-corrected chi connectivity index (χ0v) is 17.5. The van der Waals surface area contributed by atoms with E-state index < -0.39 is 5.91 Å². The summed E-state index contributed by atoms with van der Waals surface area (Å²) < 4.78 is 19.9. The van der Waals surface area contributed by atoms with E-state index in [2.05, 4.69) is 0 Å². The van der Waals surface area contributed by atoms with Crippen LogP contribution in [0.25, 0.3) is 17.0 Å². The van der Waals surface area contributed by atoms with Gasteiger partial charge in [-0.15, -0.1) is 0 Å². The highest BCUT2D eigenvalue weighted by Gasteiger charge is 2.35. The van der Waals surface area contributed by atoms with Gasteiger partial charge in [-0.25, -0.2) is 4.39 Å². The SMILES string of the molecule is CCOC(=O)Cn1cc(/C=C2\SC(=O)N(Cc3ccc(F)cc3)C2=O)c2ccccc21. The maximum absolute atomic E-state index is 13.1. The van der Waals surface area contributed by atoms with E-state index in [1.807, 2.05) is 24.3 Å². The van der Waals surface area contributed by atoms with Gasteiger partial charge in [-0.05, 0) is 48.5 Å². The summed E-state index contributed by atoms with van der Waals surface area (Å²) >= 11 is 0.862. The predicted octanol–water partition coefficient (Wildman–Crippen LogP) is 4.58. The molecule has 2 aromatic carbocycles. The Labute approximate surface area is 182 Å². The lowest BCUT2D eigenvalue weighted by atomic mass is 10.1. The molecule has 0 N–H and O–H groups in total. The number of halogens is 1. The number of ether oxygens (including phenoxy) is 1. The second kappa shape index (κ2) is 8.77. The molecule has 8 heteroatoms. The Kier molecular flexibility index (Phi) is 5.90. The molecule has 2 heterocycles. The number of carbonyl (C=O) groups excluding carboxylic acids is 3. The number of carbonyl (C=O) groups is 3. The molecule has 0 unspecified atom stereocenters. The molecule has 1 aliphatic heterocycles. The molecule has 0 bridgehead atoms. The van der Waals surface area contributed by atoms with Gasteiger partial charge in [-0.1, -0.05) is 30.3 Å². The highest BCUT2D eigenvalue weighted by atomic mass is 32.2. The lowest BCUT2D eigenvalue weighted by molar-refractivity contribution is -0.143. The number of hydrogen-bond acceptors (Lipinski definition) is 5. The molecular formula is C23H19FN2O4S. The van der Waals surface area contributed by atoms with Gasteiger partial charge in [0.15, 0.2) is 0 Å². The molecule has 3 aromatic rings. The van der Waals surface area contributed by atoms with E-state index in [1.54, 1.807) is 35.9 Å². The Morgan fingerprint density at radius 3 is 2.61 bits per heavy atom. The quantitative estimate of drug-likeness (QED) is 0.416. The van der Waals surface area contributed by atoms with Crippen LogP contribution in [0.2, 0.25) is 0 Å². The van der Waals surface area contributed by atoms with Crippen LogP contribution in [0.3, 0.4) is 0 Å². The normalized spacial score (nSPS) is 15.3. The summed E-state index contributed by atoms with van der Waals surface area (Å²) in [6.45, 7) is 2.17. The van der Waals surface area contributed by atoms with Crippen molar-refractivity contribution in [2.45, 2.75) is 20.0 Å². The zero-order valence-electron chi connectivity index (χ0n) is 16.7. The lowest BCUT2D eigenvalue weighted by Crippen LogP contribution is -2.27. The van der Waals surface area contributed by atoms with Crippen molar-refractivity contribution in [1.29, 1.82) is 0 Å². The molecule has 158 valence electrons. The summed E-state index contributed by atoms with van der Waals surface area (Å²) in [4.78, 5) is 38.7. The summed E-state index contributed by atoms with van der Waals surface area (Å²) in [6.07, 6.45) is 3.44. The number of para-hydroxylation sites is 1. The number of esters is 1. The number of amides is 2. The van der Waals surface area contributed by atoms with E-state index in [0.717, 1.165) is 33.1 Å². The number of aromatic nitrogens is 1. The van der Waals surface area contributed by atoms with Crippen LogP contribution < -0.4 is 0 Å². The van der Waals surface area contributed by atoms with Crippen LogP contribution in [0.5, 0.6) is 0 Å². The standard InChI is InChI=1S/C23H19FN2O4S/c1-2-30-21(27)14-25-13-16(18-5-3-4-6-19(18)25)11-20-22(28)26(23(29)31-20)12-15-7-9-17(24)10-8-15/h3-11,13H,2,12,14H2,1H3/b20-11-.